The van der Waals surface area contributed by atoms with Crippen LogP contribution in [0.2, 0.25) is 19.1 Å². The van der Waals surface area contributed by atoms with E-state index >= 15 is 0 Å². The monoisotopic (exact) mass is 618 g/mol. The van der Waals surface area contributed by atoms with Crippen molar-refractivity contribution >= 4 is 41.9 Å². The number of hydrogen-bond acceptors (Lipinski definition) is 9. The Morgan fingerprint density at radius 2 is 1.70 bits per heavy atom. The molecule has 0 aliphatic heterocycles. The molecule has 4 aromatic heterocycles. The van der Waals surface area contributed by atoms with Crippen molar-refractivity contribution in [2.24, 2.45) is 0 Å². The van der Waals surface area contributed by atoms with Crippen LogP contribution < -0.4 is 10.1 Å². The molecule has 6 aromatic rings. The van der Waals surface area contributed by atoms with Crippen molar-refractivity contribution in [1.82, 2.24) is 25.1 Å². The molecule has 2 aromatic carbocycles. The second-order valence-corrected chi connectivity index (χ2v) is 16.5. The smallest absolute Gasteiger partial charge is 0.228 e. The van der Waals surface area contributed by atoms with E-state index < -0.39 is 8.32 Å². The third kappa shape index (κ3) is 7.16. The van der Waals surface area contributed by atoms with Crippen molar-refractivity contribution < 1.29 is 9.53 Å². The number of unbranched alkanes of at least 4 members (excludes halogenated alkanes) is 1. The zero-order valence-corrected chi connectivity index (χ0v) is 26.8. The lowest BCUT2D eigenvalue weighted by Gasteiger charge is -2.13. The lowest BCUT2D eigenvalue weighted by molar-refractivity contribution is 0.465. The Morgan fingerprint density at radius 3 is 2.48 bits per heavy atom. The molecule has 222 valence electrons. The van der Waals surface area contributed by atoms with Crippen molar-refractivity contribution in [3.8, 4) is 33.5 Å². The van der Waals surface area contributed by atoms with Gasteiger partial charge < -0.3 is 14.8 Å². The van der Waals surface area contributed by atoms with Gasteiger partial charge in [0.2, 0.25) is 5.88 Å². The van der Waals surface area contributed by atoms with Gasteiger partial charge in [0.15, 0.2) is 14.1 Å². The summed E-state index contributed by atoms with van der Waals surface area (Å²) in [5.41, 5.74) is 4.54. The highest BCUT2D eigenvalue weighted by Crippen LogP contribution is 2.35. The van der Waals surface area contributed by atoms with E-state index in [1.807, 2.05) is 67.7 Å². The molecule has 44 heavy (non-hydrogen) atoms. The maximum Gasteiger partial charge on any atom is 0.228 e. The van der Waals surface area contributed by atoms with Crippen LogP contribution in [0, 0.1) is 6.92 Å². The SMILES string of the molecule is Cc1csc(-c2nnc(Nc3ccc(Oc4ncccc4-c4ccnc(CCCC[Si](C)(C)O)n4)cc3)c3ccccc23)c1. The highest BCUT2D eigenvalue weighted by atomic mass is 32.1. The van der Waals surface area contributed by atoms with Crippen molar-refractivity contribution in [2.45, 2.75) is 45.3 Å². The summed E-state index contributed by atoms with van der Waals surface area (Å²) in [6, 6.07) is 24.6. The molecule has 0 fully saturated rings. The molecule has 10 heteroatoms. The largest absolute Gasteiger partial charge is 0.438 e. The Kier molecular flexibility index (Phi) is 8.74. The minimum Gasteiger partial charge on any atom is -0.438 e. The van der Waals surface area contributed by atoms with Gasteiger partial charge in [-0.15, -0.1) is 21.5 Å². The average molecular weight is 619 g/mol. The maximum atomic E-state index is 10.1. The van der Waals surface area contributed by atoms with Gasteiger partial charge in [-0.05, 0) is 92.0 Å². The normalized spacial score (nSPS) is 11.5. The number of anilines is 2. The molecule has 0 amide bonds. The van der Waals surface area contributed by atoms with Crippen molar-refractivity contribution in [3.05, 3.63) is 102 Å². The van der Waals surface area contributed by atoms with Crippen LogP contribution in [0.1, 0.15) is 24.2 Å². The summed E-state index contributed by atoms with van der Waals surface area (Å²) < 4.78 is 6.23. The first-order valence-electron chi connectivity index (χ1n) is 14.7. The lowest BCUT2D eigenvalue weighted by atomic mass is 10.1. The minimum absolute atomic E-state index is 0.474. The number of nitrogens with one attached hydrogen (secondary N) is 1. The molecule has 0 unspecified atom stereocenters. The Bertz CT molecular complexity index is 1890. The Morgan fingerprint density at radius 1 is 0.886 bits per heavy atom. The number of hydrogen-bond donors (Lipinski definition) is 2. The summed E-state index contributed by atoms with van der Waals surface area (Å²) in [5, 5.41) is 16.7. The topological polar surface area (TPSA) is 106 Å². The highest BCUT2D eigenvalue weighted by molar-refractivity contribution is 7.13. The number of ether oxygens (including phenoxy) is 1. The summed E-state index contributed by atoms with van der Waals surface area (Å²) in [6.07, 6.45) is 6.16. The fourth-order valence-corrected chi connectivity index (χ4v) is 6.98. The minimum atomic E-state index is -2.03. The van der Waals surface area contributed by atoms with Crippen LogP contribution in [-0.2, 0) is 6.42 Å². The van der Waals surface area contributed by atoms with Crippen molar-refractivity contribution in [1.29, 1.82) is 0 Å². The summed E-state index contributed by atoms with van der Waals surface area (Å²) in [4.78, 5) is 25.0. The molecule has 0 saturated heterocycles. The molecule has 0 aliphatic carbocycles. The average Bonchev–Trinajstić information content (AvgIpc) is 3.46. The first-order chi connectivity index (χ1) is 21.3. The summed E-state index contributed by atoms with van der Waals surface area (Å²) in [7, 11) is -2.03. The lowest BCUT2D eigenvalue weighted by Crippen LogP contribution is -2.24. The molecule has 0 saturated carbocycles. The van der Waals surface area contributed by atoms with Gasteiger partial charge in [0.1, 0.15) is 17.3 Å². The molecule has 6 rings (SSSR count). The standard InChI is InChI=1S/C34H34N6O2SSi/c1-23-21-30(43-22-23)32-26-9-4-5-10-27(26)33(40-39-32)37-24-13-15-25(16-14-24)42-34-28(11-8-18-36-34)29-17-19-35-31(38-29)12-6-7-20-44(2,3)41/h4-5,8-11,13-19,21-22,41H,6-7,12,20H2,1-3H3,(H,37,40). The zero-order valence-electron chi connectivity index (χ0n) is 25.0. The third-order valence-corrected chi connectivity index (χ3v) is 9.81. The fraction of sp³-hybridized carbons (Fsp3) is 0.206. The molecule has 8 nitrogen and oxygen atoms in total. The number of benzene rings is 2. The summed E-state index contributed by atoms with van der Waals surface area (Å²) in [5.74, 6) is 2.60. The predicted octanol–water partition coefficient (Wildman–Crippen LogP) is 8.57. The van der Waals surface area contributed by atoms with Crippen LogP contribution in [0.5, 0.6) is 11.6 Å². The molecule has 0 atom stereocenters. The van der Waals surface area contributed by atoms with E-state index in [9.17, 15) is 4.80 Å². The van der Waals surface area contributed by atoms with Gasteiger partial charge in [-0.3, -0.25) is 0 Å². The zero-order chi connectivity index (χ0) is 30.5. The number of thiophene rings is 1. The van der Waals surface area contributed by atoms with Gasteiger partial charge in [-0.2, -0.15) is 0 Å². The van der Waals surface area contributed by atoms with E-state index in [0.29, 0.717) is 17.4 Å². The van der Waals surface area contributed by atoms with E-state index in [1.54, 1.807) is 23.7 Å². The van der Waals surface area contributed by atoms with Gasteiger partial charge in [0.05, 0.1) is 16.1 Å². The Hall–Kier alpha value is -4.51. The summed E-state index contributed by atoms with van der Waals surface area (Å²) in [6.45, 7) is 6.03. The van der Waals surface area contributed by atoms with E-state index in [1.165, 1.54) is 5.56 Å². The molecular weight excluding hydrogens is 585 g/mol. The van der Waals surface area contributed by atoms with E-state index in [-0.39, 0.29) is 0 Å². The van der Waals surface area contributed by atoms with E-state index in [2.05, 4.69) is 56.0 Å². The van der Waals surface area contributed by atoms with Crippen molar-refractivity contribution in [3.63, 3.8) is 0 Å². The number of aromatic nitrogens is 5. The van der Waals surface area contributed by atoms with Gasteiger partial charge in [-0.1, -0.05) is 30.7 Å². The maximum absolute atomic E-state index is 10.1. The molecule has 2 N–H and O–H groups in total. The van der Waals surface area contributed by atoms with Crippen LogP contribution in [0.3, 0.4) is 0 Å². The predicted molar refractivity (Wildman–Crippen MR) is 180 cm³/mol. The first-order valence-corrected chi connectivity index (χ1v) is 18.7. The Balaban J connectivity index is 1.17. The number of nitrogens with zero attached hydrogens (tertiary/aromatic N) is 5. The summed E-state index contributed by atoms with van der Waals surface area (Å²) >= 11 is 1.68. The molecular formula is C34H34N6O2SSi. The van der Waals surface area contributed by atoms with Crippen LogP contribution in [0.25, 0.3) is 32.6 Å². The third-order valence-electron chi connectivity index (χ3n) is 7.17. The number of aryl methyl sites for hydroxylation is 2. The number of rotatable bonds is 11. The molecule has 4 heterocycles. The van der Waals surface area contributed by atoms with Crippen LogP contribution in [0.4, 0.5) is 11.5 Å². The first kappa shape index (κ1) is 29.6. The number of fused-ring (bicyclic) bond motifs is 1. The van der Waals surface area contributed by atoms with Crippen LogP contribution >= 0.6 is 11.3 Å². The fourth-order valence-electron chi connectivity index (χ4n) is 4.97. The number of pyridine rings is 1. The van der Waals surface area contributed by atoms with E-state index in [0.717, 1.165) is 69.4 Å². The quantitative estimate of drug-likeness (QED) is 0.110. The van der Waals surface area contributed by atoms with Crippen LogP contribution in [-0.4, -0.2) is 38.3 Å². The second kappa shape index (κ2) is 13.0. The van der Waals surface area contributed by atoms with Gasteiger partial charge in [0.25, 0.3) is 0 Å². The van der Waals surface area contributed by atoms with Gasteiger partial charge >= 0.3 is 0 Å². The molecule has 0 spiro atoms. The second-order valence-electron chi connectivity index (χ2n) is 11.4. The molecule has 0 radical (unpaired) electrons. The van der Waals surface area contributed by atoms with Crippen molar-refractivity contribution in [2.75, 3.05) is 5.32 Å². The van der Waals surface area contributed by atoms with Gasteiger partial charge in [0, 0.05) is 35.3 Å². The van der Waals surface area contributed by atoms with Gasteiger partial charge in [-0.25, -0.2) is 15.0 Å². The molecule has 0 aliphatic rings. The molecule has 0 bridgehead atoms. The van der Waals surface area contributed by atoms with E-state index in [4.69, 9.17) is 9.72 Å². The van der Waals surface area contributed by atoms with Crippen LogP contribution in [0.15, 0.2) is 90.6 Å². The highest BCUT2D eigenvalue weighted by Gasteiger charge is 2.16. The Labute approximate surface area is 262 Å².